The van der Waals surface area contributed by atoms with E-state index in [1.807, 2.05) is 20.8 Å². The van der Waals surface area contributed by atoms with Crippen molar-refractivity contribution < 1.29 is 18.6 Å². The Labute approximate surface area is 150 Å². The van der Waals surface area contributed by atoms with Crippen LogP contribution in [0.25, 0.3) is 5.69 Å². The highest BCUT2D eigenvalue weighted by Gasteiger charge is 2.24. The van der Waals surface area contributed by atoms with Crippen molar-refractivity contribution in [2.75, 3.05) is 26.4 Å². The van der Waals surface area contributed by atoms with Gasteiger partial charge in [0.15, 0.2) is 0 Å². The molecule has 0 spiro atoms. The molecule has 2 heterocycles. The van der Waals surface area contributed by atoms with E-state index in [0.717, 1.165) is 9.36 Å². The molecular weight excluding hydrogens is 343 g/mol. The third-order valence-corrected chi connectivity index (χ3v) is 4.12. The third-order valence-electron chi connectivity index (χ3n) is 4.12. The van der Waals surface area contributed by atoms with Crippen LogP contribution in [0.3, 0.4) is 0 Å². The van der Waals surface area contributed by atoms with Crippen molar-refractivity contribution in [2.24, 2.45) is 7.05 Å². The largest absolute Gasteiger partial charge is 0.488 e. The van der Waals surface area contributed by atoms with Crippen LogP contribution in [-0.4, -0.2) is 52.3 Å². The molecule has 1 aromatic heterocycles. The Kier molecular flexibility index (Phi) is 5.10. The van der Waals surface area contributed by atoms with Crippen LogP contribution in [0.2, 0.25) is 0 Å². The summed E-state index contributed by atoms with van der Waals surface area (Å²) in [7, 11) is 1.49. The number of aromatic nitrogens is 4. The zero-order valence-corrected chi connectivity index (χ0v) is 15.4. The van der Waals surface area contributed by atoms with Gasteiger partial charge in [-0.15, -0.1) is 0 Å². The van der Waals surface area contributed by atoms with E-state index in [4.69, 9.17) is 14.2 Å². The van der Waals surface area contributed by atoms with Gasteiger partial charge in [0.05, 0.1) is 19.8 Å². The quantitative estimate of drug-likeness (QED) is 0.809. The fourth-order valence-electron chi connectivity index (χ4n) is 2.68. The zero-order valence-electron chi connectivity index (χ0n) is 15.4. The first-order chi connectivity index (χ1) is 12.3. The number of hydrogen-bond acceptors (Lipinski definition) is 6. The van der Waals surface area contributed by atoms with Crippen molar-refractivity contribution in [3.05, 3.63) is 34.0 Å². The molecule has 0 amide bonds. The standard InChI is InChI=1S/C17H23FN4O4/c1-17(2,3)12-7-14(22-16(23)21(4)19-20-22)15(8-13(12)18)26-10-11-9-24-5-6-25-11/h7-8,11H,5-6,9-10H2,1-4H3. The average Bonchev–Trinajstić information content (AvgIpc) is 2.92. The Morgan fingerprint density at radius 2 is 2.08 bits per heavy atom. The second-order valence-electron chi connectivity index (χ2n) is 7.23. The molecule has 0 saturated carbocycles. The van der Waals surface area contributed by atoms with Gasteiger partial charge < -0.3 is 14.2 Å². The van der Waals surface area contributed by atoms with Crippen molar-refractivity contribution in [1.29, 1.82) is 0 Å². The summed E-state index contributed by atoms with van der Waals surface area (Å²) in [4.78, 5) is 12.3. The first kappa shape index (κ1) is 18.5. The molecule has 1 saturated heterocycles. The Bertz CT molecular complexity index is 834. The maximum atomic E-state index is 14.6. The number of ether oxygens (including phenoxy) is 3. The molecule has 9 heteroatoms. The van der Waals surface area contributed by atoms with E-state index < -0.39 is 16.9 Å². The highest BCUT2D eigenvalue weighted by molar-refractivity contribution is 5.50. The van der Waals surface area contributed by atoms with Gasteiger partial charge in [0, 0.05) is 13.1 Å². The molecule has 0 aliphatic carbocycles. The number of tetrazole rings is 1. The Balaban J connectivity index is 2.00. The number of hydrogen-bond donors (Lipinski definition) is 0. The lowest BCUT2D eigenvalue weighted by Gasteiger charge is -2.25. The highest BCUT2D eigenvalue weighted by atomic mass is 19.1. The molecule has 142 valence electrons. The topological polar surface area (TPSA) is 80.4 Å². The van der Waals surface area contributed by atoms with Gasteiger partial charge in [-0.25, -0.2) is 9.18 Å². The van der Waals surface area contributed by atoms with Crippen molar-refractivity contribution in [3.8, 4) is 11.4 Å². The van der Waals surface area contributed by atoms with Crippen LogP contribution in [0.4, 0.5) is 4.39 Å². The molecule has 3 rings (SSSR count). The van der Waals surface area contributed by atoms with Crippen molar-refractivity contribution in [2.45, 2.75) is 32.3 Å². The molecule has 2 aromatic rings. The lowest BCUT2D eigenvalue weighted by Crippen LogP contribution is -2.33. The molecule has 1 aromatic carbocycles. The second kappa shape index (κ2) is 7.16. The SMILES string of the molecule is Cn1nnn(-c2cc(C(C)(C)C)c(F)cc2OCC2COCCO2)c1=O. The summed E-state index contributed by atoms with van der Waals surface area (Å²) in [5, 5.41) is 7.57. The van der Waals surface area contributed by atoms with Gasteiger partial charge in [-0.1, -0.05) is 20.8 Å². The van der Waals surface area contributed by atoms with Crippen LogP contribution in [0.5, 0.6) is 5.75 Å². The number of rotatable bonds is 4. The lowest BCUT2D eigenvalue weighted by atomic mass is 9.86. The molecule has 26 heavy (non-hydrogen) atoms. The summed E-state index contributed by atoms with van der Waals surface area (Å²) < 4.78 is 33.5. The van der Waals surface area contributed by atoms with Crippen LogP contribution in [0.1, 0.15) is 26.3 Å². The number of aryl methyl sites for hydroxylation is 1. The predicted molar refractivity (Wildman–Crippen MR) is 91.3 cm³/mol. The van der Waals surface area contributed by atoms with Gasteiger partial charge in [-0.3, -0.25) is 0 Å². The van der Waals surface area contributed by atoms with E-state index in [9.17, 15) is 9.18 Å². The molecule has 1 aliphatic rings. The van der Waals surface area contributed by atoms with E-state index >= 15 is 0 Å². The van der Waals surface area contributed by atoms with E-state index in [1.54, 1.807) is 6.07 Å². The summed E-state index contributed by atoms with van der Waals surface area (Å²) in [6.45, 7) is 7.29. The van der Waals surface area contributed by atoms with Crippen LogP contribution in [-0.2, 0) is 21.9 Å². The molecule has 0 radical (unpaired) electrons. The summed E-state index contributed by atoms with van der Waals surface area (Å²) in [6.07, 6.45) is -0.250. The van der Waals surface area contributed by atoms with E-state index in [2.05, 4.69) is 10.4 Å². The van der Waals surface area contributed by atoms with Crippen LogP contribution >= 0.6 is 0 Å². The number of halogens is 1. The molecule has 0 N–H and O–H groups in total. The molecule has 1 aliphatic heterocycles. The Hall–Kier alpha value is -2.26. The maximum Gasteiger partial charge on any atom is 0.368 e. The second-order valence-corrected chi connectivity index (χ2v) is 7.23. The molecular formula is C17H23FN4O4. The first-order valence-electron chi connectivity index (χ1n) is 8.43. The lowest BCUT2D eigenvalue weighted by molar-refractivity contribution is -0.101. The maximum absolute atomic E-state index is 14.6. The van der Waals surface area contributed by atoms with Gasteiger partial charge in [0.1, 0.15) is 30.0 Å². The summed E-state index contributed by atoms with van der Waals surface area (Å²) in [6, 6.07) is 2.86. The average molecular weight is 366 g/mol. The fraction of sp³-hybridized carbons (Fsp3) is 0.588. The summed E-state index contributed by atoms with van der Waals surface area (Å²) in [5.74, 6) is -0.207. The predicted octanol–water partition coefficient (Wildman–Crippen LogP) is 1.20. The number of benzene rings is 1. The van der Waals surface area contributed by atoms with Crippen LogP contribution in [0.15, 0.2) is 16.9 Å². The van der Waals surface area contributed by atoms with E-state index in [1.165, 1.54) is 13.1 Å². The van der Waals surface area contributed by atoms with Gasteiger partial charge >= 0.3 is 5.69 Å². The molecule has 1 atom stereocenters. The third kappa shape index (κ3) is 3.78. The minimum atomic E-state index is -0.455. The zero-order chi connectivity index (χ0) is 18.9. The normalized spacial score (nSPS) is 18.1. The molecule has 1 unspecified atom stereocenters. The monoisotopic (exact) mass is 366 g/mol. The smallest absolute Gasteiger partial charge is 0.368 e. The van der Waals surface area contributed by atoms with E-state index in [0.29, 0.717) is 31.1 Å². The Morgan fingerprint density at radius 1 is 1.31 bits per heavy atom. The van der Waals surface area contributed by atoms with Crippen LogP contribution < -0.4 is 10.4 Å². The van der Waals surface area contributed by atoms with Crippen molar-refractivity contribution >= 4 is 0 Å². The van der Waals surface area contributed by atoms with E-state index in [-0.39, 0.29) is 18.5 Å². The Morgan fingerprint density at radius 3 is 2.65 bits per heavy atom. The van der Waals surface area contributed by atoms with Crippen LogP contribution in [0, 0.1) is 5.82 Å². The molecule has 0 bridgehead atoms. The summed E-state index contributed by atoms with van der Waals surface area (Å²) in [5.41, 5.74) is -0.108. The van der Waals surface area contributed by atoms with Gasteiger partial charge in [-0.05, 0) is 27.5 Å². The summed E-state index contributed by atoms with van der Waals surface area (Å²) >= 11 is 0. The minimum absolute atomic E-state index is 0.177. The number of nitrogens with zero attached hydrogens (tertiary/aromatic N) is 4. The van der Waals surface area contributed by atoms with Gasteiger partial charge in [-0.2, -0.15) is 9.36 Å². The fourth-order valence-corrected chi connectivity index (χ4v) is 2.68. The van der Waals surface area contributed by atoms with Gasteiger partial charge in [0.25, 0.3) is 0 Å². The first-order valence-corrected chi connectivity index (χ1v) is 8.43. The molecule has 8 nitrogen and oxygen atoms in total. The van der Waals surface area contributed by atoms with Gasteiger partial charge in [0.2, 0.25) is 0 Å². The van der Waals surface area contributed by atoms with Crippen molar-refractivity contribution in [1.82, 2.24) is 19.8 Å². The molecule has 1 fully saturated rings. The highest BCUT2D eigenvalue weighted by Crippen LogP contribution is 2.32. The van der Waals surface area contributed by atoms with Crippen molar-refractivity contribution in [3.63, 3.8) is 0 Å². The minimum Gasteiger partial charge on any atom is -0.488 e.